The number of likely N-dealkylation sites (N-methyl/N-ethyl adjacent to an activating group) is 1. The Morgan fingerprint density at radius 2 is 1.30 bits per heavy atom. The monoisotopic (exact) mass is 635 g/mol. The van der Waals surface area contributed by atoms with Crippen molar-refractivity contribution in [1.82, 2.24) is 5.32 Å². The minimum Gasteiger partial charge on any atom is -0.395 e. The van der Waals surface area contributed by atoms with Crippen molar-refractivity contribution in [2.45, 2.75) is 27.7 Å². The second-order valence-electron chi connectivity index (χ2n) is 10.4. The van der Waals surface area contributed by atoms with Crippen LogP contribution in [0, 0.1) is 0 Å². The van der Waals surface area contributed by atoms with Gasteiger partial charge in [-0.3, -0.25) is 0 Å². The van der Waals surface area contributed by atoms with E-state index in [0.29, 0.717) is 13.1 Å². The number of aliphatic hydroxyl groups excluding tert-OH is 2. The van der Waals surface area contributed by atoms with Crippen LogP contribution in [0.1, 0.15) is 38.8 Å². The fourth-order valence-corrected chi connectivity index (χ4v) is 5.85. The van der Waals surface area contributed by atoms with Gasteiger partial charge in [-0.1, -0.05) is 64.1 Å². The fourth-order valence-electron chi connectivity index (χ4n) is 4.04. The summed E-state index contributed by atoms with van der Waals surface area (Å²) in [5.74, 6) is 2.08. The minimum absolute atomic E-state index is 0.125. The van der Waals surface area contributed by atoms with E-state index in [4.69, 9.17) is 10.2 Å². The van der Waals surface area contributed by atoms with Crippen LogP contribution in [0.3, 0.4) is 0 Å². The molecule has 6 nitrogen and oxygen atoms in total. The molecule has 0 aliphatic heterocycles. The zero-order valence-corrected chi connectivity index (χ0v) is 28.6. The van der Waals surface area contributed by atoms with E-state index in [-0.39, 0.29) is 13.2 Å². The van der Waals surface area contributed by atoms with Gasteiger partial charge >= 0.3 is 0 Å². The van der Waals surface area contributed by atoms with Gasteiger partial charge in [0.15, 0.2) is 12.8 Å². The summed E-state index contributed by atoms with van der Waals surface area (Å²) in [5, 5.41) is 28.0. The van der Waals surface area contributed by atoms with Crippen LogP contribution in [-0.2, 0) is 0 Å². The summed E-state index contributed by atoms with van der Waals surface area (Å²) in [6.45, 7) is 11.7. The third-order valence-corrected chi connectivity index (χ3v) is 9.17. The molecule has 0 saturated carbocycles. The Hall–Kier alpha value is -3.17. The molecule has 44 heavy (non-hydrogen) atoms. The second kappa shape index (κ2) is 22.4. The van der Waals surface area contributed by atoms with Gasteiger partial charge in [0.05, 0.1) is 6.61 Å². The summed E-state index contributed by atoms with van der Waals surface area (Å²) in [4.78, 5) is 0. The Labute approximate surface area is 273 Å². The first-order valence-corrected chi connectivity index (χ1v) is 17.6. The molecule has 238 valence electrons. The summed E-state index contributed by atoms with van der Waals surface area (Å²) in [7, 11) is 5.76. The topological polar surface area (TPSA) is 79.6 Å². The molecule has 2 aromatic carbocycles. The maximum atomic E-state index is 9.03. The van der Waals surface area contributed by atoms with Crippen molar-refractivity contribution < 1.29 is 14.8 Å². The number of rotatable bonds is 20. The maximum absolute atomic E-state index is 9.03. The third kappa shape index (κ3) is 15.5. The van der Waals surface area contributed by atoms with Crippen molar-refractivity contribution in [3.8, 4) is 0 Å². The lowest BCUT2D eigenvalue weighted by Crippen LogP contribution is -2.11. The van der Waals surface area contributed by atoms with E-state index >= 15 is 0 Å². The lowest BCUT2D eigenvalue weighted by molar-refractivity contribution is -0.494. The molecular formula is C36H51N4O2S2+. The van der Waals surface area contributed by atoms with Crippen LogP contribution in [0.5, 0.6) is 0 Å². The highest BCUT2D eigenvalue weighted by Crippen LogP contribution is 2.22. The lowest BCUT2D eigenvalue weighted by Gasteiger charge is -2.08. The van der Waals surface area contributed by atoms with E-state index in [0.717, 1.165) is 41.5 Å². The standard InChI is InChI=1S/C36H50N4O2S2/c1-6-34(15-17-37-18-23-41)31(4)28-33-9-13-36(14-10-33)39-20-26-44-43-25-19-38-35-11-7-32(8-12-35)27-30(3)29(2)16-21-40(5)22-24-42/h6-17,21,27-28,37,39,41-42H,18-20,22-26H2,1-5H3/p+1. The predicted octanol–water partition coefficient (Wildman–Crippen LogP) is 7.09. The molecule has 0 saturated heterocycles. The molecule has 0 fully saturated rings. The molecule has 0 heterocycles. The van der Waals surface area contributed by atoms with Crippen LogP contribution in [-0.4, -0.2) is 78.9 Å². The summed E-state index contributed by atoms with van der Waals surface area (Å²) in [5.41, 5.74) is 9.39. The highest BCUT2D eigenvalue weighted by atomic mass is 33.1. The van der Waals surface area contributed by atoms with E-state index in [1.165, 1.54) is 27.8 Å². The van der Waals surface area contributed by atoms with Crippen LogP contribution >= 0.6 is 21.6 Å². The number of aliphatic hydroxyl groups is 2. The Morgan fingerprint density at radius 1 is 0.750 bits per heavy atom. The van der Waals surface area contributed by atoms with Gasteiger partial charge in [0.2, 0.25) is 0 Å². The van der Waals surface area contributed by atoms with Crippen molar-refractivity contribution in [3.05, 3.63) is 106 Å². The van der Waals surface area contributed by atoms with E-state index in [1.807, 2.05) is 58.6 Å². The number of hydrogen-bond donors (Lipinski definition) is 5. The Balaban J connectivity index is 1.65. The van der Waals surface area contributed by atoms with Crippen molar-refractivity contribution in [2.24, 2.45) is 0 Å². The van der Waals surface area contributed by atoms with Crippen LogP contribution in [0.2, 0.25) is 0 Å². The van der Waals surface area contributed by atoms with E-state index < -0.39 is 0 Å². The minimum atomic E-state index is 0.125. The number of nitrogens with zero attached hydrogens (tertiary/aromatic N) is 1. The van der Waals surface area contributed by atoms with Crippen LogP contribution < -0.4 is 16.0 Å². The van der Waals surface area contributed by atoms with Gasteiger partial charge in [-0.2, -0.15) is 0 Å². The van der Waals surface area contributed by atoms with E-state index in [9.17, 15) is 0 Å². The van der Waals surface area contributed by atoms with E-state index in [1.54, 1.807) is 0 Å². The molecular weight excluding hydrogens is 585 g/mol. The molecule has 0 aliphatic carbocycles. The molecule has 0 atom stereocenters. The van der Waals surface area contributed by atoms with Crippen molar-refractivity contribution in [1.29, 1.82) is 0 Å². The first-order valence-electron chi connectivity index (χ1n) is 15.2. The van der Waals surface area contributed by atoms with Crippen LogP contribution in [0.4, 0.5) is 11.4 Å². The van der Waals surface area contributed by atoms with Crippen LogP contribution in [0.25, 0.3) is 12.2 Å². The highest BCUT2D eigenvalue weighted by Gasteiger charge is 2.00. The van der Waals surface area contributed by atoms with Crippen LogP contribution in [0.15, 0.2) is 95.3 Å². The zero-order valence-electron chi connectivity index (χ0n) is 27.0. The highest BCUT2D eigenvalue weighted by molar-refractivity contribution is 8.76. The lowest BCUT2D eigenvalue weighted by atomic mass is 10.0. The number of allylic oxidation sites excluding steroid dienone is 7. The molecule has 0 radical (unpaired) electrons. The van der Waals surface area contributed by atoms with Crippen molar-refractivity contribution >= 4 is 51.3 Å². The largest absolute Gasteiger partial charge is 0.395 e. The molecule has 8 heteroatoms. The molecule has 2 rings (SSSR count). The Morgan fingerprint density at radius 3 is 1.80 bits per heavy atom. The molecule has 0 aliphatic rings. The Kier molecular flexibility index (Phi) is 18.8. The average molecular weight is 636 g/mol. The zero-order chi connectivity index (χ0) is 32.0. The van der Waals surface area contributed by atoms with Gasteiger partial charge in [0, 0.05) is 48.6 Å². The maximum Gasteiger partial charge on any atom is 0.165 e. The third-order valence-electron chi connectivity index (χ3n) is 6.76. The van der Waals surface area contributed by atoms with Gasteiger partial charge < -0.3 is 26.2 Å². The van der Waals surface area contributed by atoms with Gasteiger partial charge in [-0.05, 0) is 97.7 Å². The molecule has 0 bridgehead atoms. The number of hydrogen-bond acceptors (Lipinski definition) is 7. The fraction of sp³-hybridized carbons (Fsp3) is 0.361. The van der Waals surface area contributed by atoms with Gasteiger partial charge in [0.1, 0.15) is 13.7 Å². The van der Waals surface area contributed by atoms with E-state index in [2.05, 4.69) is 110 Å². The molecule has 0 amide bonds. The molecule has 2 aromatic rings. The number of nitrogens with one attached hydrogen (secondary N) is 3. The SMILES string of the molecule is CC=C(C=CNCCO)C(C)=Cc1ccc(NCCSSCCNc2ccc(C=C(C)C(C)=CC=[N+](C)CCO)cc2)cc1. The first-order chi connectivity index (χ1) is 21.4. The van der Waals surface area contributed by atoms with Gasteiger partial charge in [-0.25, -0.2) is 4.58 Å². The molecule has 0 unspecified atom stereocenters. The Bertz CT molecular complexity index is 1290. The summed E-state index contributed by atoms with van der Waals surface area (Å²) in [6.07, 6.45) is 14.5. The average Bonchev–Trinajstić information content (AvgIpc) is 3.02. The van der Waals surface area contributed by atoms with Crippen molar-refractivity contribution in [3.63, 3.8) is 0 Å². The number of anilines is 2. The van der Waals surface area contributed by atoms with Gasteiger partial charge in [-0.15, -0.1) is 0 Å². The van der Waals surface area contributed by atoms with Crippen molar-refractivity contribution in [2.75, 3.05) is 68.6 Å². The molecule has 0 spiro atoms. The summed E-state index contributed by atoms with van der Waals surface area (Å²) in [6, 6.07) is 17.1. The summed E-state index contributed by atoms with van der Waals surface area (Å²) >= 11 is 0. The normalized spacial score (nSPS) is 13.5. The first kappa shape index (κ1) is 37.0. The quantitative estimate of drug-likeness (QED) is 0.0350. The summed E-state index contributed by atoms with van der Waals surface area (Å²) < 4.78 is 1.98. The molecule has 0 aromatic heterocycles. The van der Waals surface area contributed by atoms with Gasteiger partial charge in [0.25, 0.3) is 0 Å². The smallest absolute Gasteiger partial charge is 0.165 e. The number of benzene rings is 2. The second-order valence-corrected chi connectivity index (χ2v) is 13.1. The molecule has 5 N–H and O–H groups in total. The predicted molar refractivity (Wildman–Crippen MR) is 198 cm³/mol.